The molecular formula is C42H44N5O5+. The molecule has 1 aromatic heterocycles. The largest absolute Gasteiger partial charge is 0.489 e. The molecule has 1 aliphatic carbocycles. The van der Waals surface area contributed by atoms with Gasteiger partial charge >= 0.3 is 12.0 Å². The first-order chi connectivity index (χ1) is 25.4. The van der Waals surface area contributed by atoms with Crippen molar-refractivity contribution in [1.82, 2.24) is 20.3 Å². The second-order valence-electron chi connectivity index (χ2n) is 13.9. The fraction of sp³-hybridized carbons (Fsp3) is 0.286. The van der Waals surface area contributed by atoms with Gasteiger partial charge in [-0.2, -0.15) is 0 Å². The van der Waals surface area contributed by atoms with Crippen LogP contribution in [0.15, 0.2) is 128 Å². The van der Waals surface area contributed by atoms with Gasteiger partial charge in [0.15, 0.2) is 0 Å². The number of benzene rings is 4. The van der Waals surface area contributed by atoms with Crippen molar-refractivity contribution in [2.45, 2.75) is 62.8 Å². The van der Waals surface area contributed by atoms with Gasteiger partial charge in [-0.1, -0.05) is 110 Å². The number of quaternary nitrogens is 1. The number of aromatic nitrogens is 2. The van der Waals surface area contributed by atoms with Crippen LogP contribution in [0.3, 0.4) is 0 Å². The van der Waals surface area contributed by atoms with Crippen LogP contribution in [0, 0.1) is 0 Å². The number of carbonyl (C=O) groups is 3. The van der Waals surface area contributed by atoms with Gasteiger partial charge in [0.2, 0.25) is 12.1 Å². The summed E-state index contributed by atoms with van der Waals surface area (Å²) in [7, 11) is 1.65. The molecule has 7 rings (SSSR count). The molecule has 0 bridgehead atoms. The maximum atomic E-state index is 14.5. The molecule has 1 saturated heterocycles. The molecule has 3 atom stereocenters. The molecule has 52 heavy (non-hydrogen) atoms. The minimum atomic E-state index is -0.959. The second-order valence-corrected chi connectivity index (χ2v) is 13.9. The SMILES string of the molecule is C[N+]1(C(Cc2ccc(OCc3ccccc3)cc2)C(=O)NCC2(c3ccccc3)CCC2)C(=O)[C@H](Cc2cnc[nH]2)N1C(=O)OCc1ccccc1. The van der Waals surface area contributed by atoms with E-state index in [2.05, 4.69) is 27.4 Å². The summed E-state index contributed by atoms with van der Waals surface area (Å²) in [4.78, 5) is 50.1. The molecule has 2 aliphatic rings. The lowest BCUT2D eigenvalue weighted by Gasteiger charge is -2.54. The third kappa shape index (κ3) is 7.20. The molecule has 2 N–H and O–H groups in total. The standard InChI is InChI=1S/C42H43N5O5/c1-47(40(49)37(25-35-26-43-30-45-35)46(47)41(50)52-28-33-14-7-3-8-15-33)38(39(48)44-29-42(22-11-23-42)34-16-9-4-10-17-34)24-31-18-20-36(21-19-31)51-27-32-12-5-2-6-13-32/h2-10,12-21,26,30,37-38H,11,22-25,27-29H2,1H3,(H-,43,44,45,48)/p+1/t37-,38?,47?/m0/s1. The summed E-state index contributed by atoms with van der Waals surface area (Å²) in [5.41, 5.74) is 4.42. The maximum absolute atomic E-state index is 14.5. The number of aromatic amines is 1. The van der Waals surface area contributed by atoms with Crippen molar-refractivity contribution in [2.75, 3.05) is 13.6 Å². The van der Waals surface area contributed by atoms with Gasteiger partial charge in [-0.25, -0.2) is 14.6 Å². The van der Waals surface area contributed by atoms with Crippen LogP contribution in [0.4, 0.5) is 4.79 Å². The normalized spacial score (nSPS) is 19.5. The molecule has 2 unspecified atom stereocenters. The Kier molecular flexibility index (Phi) is 10.2. The summed E-state index contributed by atoms with van der Waals surface area (Å²) in [6.45, 7) is 0.889. The van der Waals surface area contributed by atoms with E-state index in [1.54, 1.807) is 13.2 Å². The quantitative estimate of drug-likeness (QED) is 0.132. The van der Waals surface area contributed by atoms with Crippen LogP contribution in [0.5, 0.6) is 5.75 Å². The zero-order chi connectivity index (χ0) is 36.0. The average Bonchev–Trinajstić information content (AvgIpc) is 3.69. The Morgan fingerprint density at radius 2 is 1.52 bits per heavy atom. The van der Waals surface area contributed by atoms with Gasteiger partial charge in [-0.3, -0.25) is 4.79 Å². The Morgan fingerprint density at radius 3 is 2.12 bits per heavy atom. The molecule has 266 valence electrons. The zero-order valence-corrected chi connectivity index (χ0v) is 29.3. The number of hydrogen-bond donors (Lipinski definition) is 2. The van der Waals surface area contributed by atoms with Crippen LogP contribution < -0.4 is 10.1 Å². The van der Waals surface area contributed by atoms with Crippen molar-refractivity contribution in [3.8, 4) is 5.75 Å². The minimum absolute atomic E-state index is 0.0298. The summed E-state index contributed by atoms with van der Waals surface area (Å²) >= 11 is 0. The first-order valence-corrected chi connectivity index (χ1v) is 17.8. The van der Waals surface area contributed by atoms with E-state index in [4.69, 9.17) is 9.47 Å². The molecule has 10 nitrogen and oxygen atoms in total. The van der Waals surface area contributed by atoms with Crippen LogP contribution in [0.25, 0.3) is 0 Å². The van der Waals surface area contributed by atoms with Gasteiger partial charge in [0.1, 0.15) is 19.0 Å². The van der Waals surface area contributed by atoms with E-state index in [1.807, 2.05) is 103 Å². The van der Waals surface area contributed by atoms with E-state index in [9.17, 15) is 14.4 Å². The van der Waals surface area contributed by atoms with Crippen molar-refractivity contribution in [2.24, 2.45) is 0 Å². The molecule has 0 spiro atoms. The molecule has 2 heterocycles. The Balaban J connectivity index is 1.16. The van der Waals surface area contributed by atoms with Crippen LogP contribution in [0.2, 0.25) is 0 Å². The molecule has 2 fully saturated rings. The summed E-state index contributed by atoms with van der Waals surface area (Å²) in [6.07, 6.45) is 5.92. The van der Waals surface area contributed by atoms with Crippen LogP contribution in [-0.4, -0.2) is 63.2 Å². The maximum Gasteiger partial charge on any atom is 0.456 e. The van der Waals surface area contributed by atoms with Crippen LogP contribution in [-0.2, 0) is 45.8 Å². The Labute approximate surface area is 304 Å². The number of rotatable bonds is 14. The Hall–Kier alpha value is -5.74. The summed E-state index contributed by atoms with van der Waals surface area (Å²) in [5.74, 6) is 0.133. The highest BCUT2D eigenvalue weighted by atomic mass is 16.6. The lowest BCUT2D eigenvalue weighted by Crippen LogP contribution is -2.85. The number of hydrogen-bond acceptors (Lipinski definition) is 6. The number of H-pyrrole nitrogens is 1. The molecule has 3 amide bonds. The Bertz CT molecular complexity index is 1950. The molecule has 0 radical (unpaired) electrons. The first kappa shape index (κ1) is 34.7. The molecular weight excluding hydrogens is 654 g/mol. The highest BCUT2D eigenvalue weighted by molar-refractivity contribution is 5.91. The number of amides is 3. The van der Waals surface area contributed by atoms with E-state index in [0.717, 1.165) is 36.0 Å². The topological polar surface area (TPSA) is 114 Å². The first-order valence-electron chi connectivity index (χ1n) is 17.8. The van der Waals surface area contributed by atoms with Gasteiger partial charge in [0.05, 0.1) is 13.4 Å². The van der Waals surface area contributed by atoms with Crippen molar-refractivity contribution >= 4 is 17.9 Å². The van der Waals surface area contributed by atoms with Gasteiger partial charge in [-0.15, -0.1) is 9.60 Å². The number of carbonyl (C=O) groups excluding carboxylic acids is 3. The summed E-state index contributed by atoms with van der Waals surface area (Å²) in [5, 5.41) is 4.66. The monoisotopic (exact) mass is 698 g/mol. The summed E-state index contributed by atoms with van der Waals surface area (Å²) in [6, 6.07) is 35.3. The van der Waals surface area contributed by atoms with E-state index >= 15 is 0 Å². The van der Waals surface area contributed by atoms with Crippen molar-refractivity contribution in [3.63, 3.8) is 0 Å². The molecule has 5 aromatic rings. The predicted molar refractivity (Wildman–Crippen MR) is 195 cm³/mol. The zero-order valence-electron chi connectivity index (χ0n) is 29.3. The molecule has 1 aliphatic heterocycles. The highest BCUT2D eigenvalue weighted by Crippen LogP contribution is 2.43. The molecule has 1 saturated carbocycles. The minimum Gasteiger partial charge on any atom is -0.489 e. The lowest BCUT2D eigenvalue weighted by molar-refractivity contribution is -0.989. The number of likely N-dealkylation sites (N-methyl/N-ethyl adjacent to an activating group) is 1. The lowest BCUT2D eigenvalue weighted by atomic mass is 9.64. The molecule has 10 heteroatoms. The van der Waals surface area contributed by atoms with Gasteiger partial charge in [-0.05, 0) is 47.2 Å². The van der Waals surface area contributed by atoms with E-state index < -0.39 is 22.8 Å². The summed E-state index contributed by atoms with van der Waals surface area (Å²) < 4.78 is 11.3. The van der Waals surface area contributed by atoms with Crippen molar-refractivity contribution < 1.29 is 28.4 Å². The number of ether oxygens (including phenoxy) is 2. The van der Waals surface area contributed by atoms with E-state index in [-0.39, 0.29) is 36.7 Å². The smallest absolute Gasteiger partial charge is 0.456 e. The average molecular weight is 699 g/mol. The predicted octanol–water partition coefficient (Wildman–Crippen LogP) is 6.29. The van der Waals surface area contributed by atoms with Crippen molar-refractivity contribution in [3.05, 3.63) is 156 Å². The highest BCUT2D eigenvalue weighted by Gasteiger charge is 2.68. The van der Waals surface area contributed by atoms with Crippen molar-refractivity contribution in [1.29, 1.82) is 0 Å². The number of nitrogens with one attached hydrogen (secondary N) is 2. The van der Waals surface area contributed by atoms with Gasteiger partial charge in [0, 0.05) is 36.7 Å². The Morgan fingerprint density at radius 1 is 0.885 bits per heavy atom. The number of imidazole rings is 1. The third-order valence-corrected chi connectivity index (χ3v) is 10.6. The van der Waals surface area contributed by atoms with Crippen LogP contribution in [0.1, 0.15) is 47.2 Å². The van der Waals surface area contributed by atoms with E-state index in [1.165, 1.54) is 16.9 Å². The fourth-order valence-electron chi connectivity index (χ4n) is 7.43. The van der Waals surface area contributed by atoms with Gasteiger partial charge < -0.3 is 19.8 Å². The second kappa shape index (κ2) is 15.2. The fourth-order valence-corrected chi connectivity index (χ4v) is 7.43. The third-order valence-electron chi connectivity index (χ3n) is 10.6. The number of nitrogens with zero attached hydrogens (tertiary/aromatic N) is 3. The van der Waals surface area contributed by atoms with Crippen LogP contribution >= 0.6 is 0 Å². The van der Waals surface area contributed by atoms with E-state index in [0.29, 0.717) is 24.6 Å². The van der Waals surface area contributed by atoms with Gasteiger partial charge in [0.25, 0.3) is 5.91 Å². The molecule has 4 aromatic carbocycles.